The molecule has 2 N–H and O–H groups in total. The predicted octanol–water partition coefficient (Wildman–Crippen LogP) is 1.98. The summed E-state index contributed by atoms with van der Waals surface area (Å²) >= 11 is 2.09. The molecule has 8 heteroatoms. The van der Waals surface area contributed by atoms with Crippen LogP contribution < -0.4 is 5.48 Å². The number of hydrogen-bond donors (Lipinski definition) is 2. The summed E-state index contributed by atoms with van der Waals surface area (Å²) in [5.41, 5.74) is 1.47. The van der Waals surface area contributed by atoms with Gasteiger partial charge in [-0.1, -0.05) is 19.8 Å². The van der Waals surface area contributed by atoms with Crippen molar-refractivity contribution in [1.82, 2.24) is 9.79 Å². The molecule has 1 amide bonds. The van der Waals surface area contributed by atoms with E-state index in [4.69, 9.17) is 5.21 Å². The zero-order valence-corrected chi connectivity index (χ0v) is 14.7. The first-order valence-electron chi connectivity index (χ1n) is 6.60. The number of amides is 1. The van der Waals surface area contributed by atoms with Crippen molar-refractivity contribution in [2.45, 2.75) is 31.1 Å². The van der Waals surface area contributed by atoms with Gasteiger partial charge in [0.1, 0.15) is 0 Å². The number of carbonyl (C=O) groups is 1. The molecule has 0 saturated heterocycles. The molecule has 1 rings (SSSR count). The summed E-state index contributed by atoms with van der Waals surface area (Å²) in [5, 5.41) is 8.61. The molecule has 0 aliphatic heterocycles. The number of halogens is 1. The largest absolute Gasteiger partial charge is 0.289 e. The van der Waals surface area contributed by atoms with Crippen molar-refractivity contribution in [2.24, 2.45) is 0 Å². The molecule has 0 spiro atoms. The summed E-state index contributed by atoms with van der Waals surface area (Å²) in [7, 11) is -3.75. The second-order valence-electron chi connectivity index (χ2n) is 4.53. The van der Waals surface area contributed by atoms with Gasteiger partial charge in [0, 0.05) is 10.1 Å². The summed E-state index contributed by atoms with van der Waals surface area (Å²) < 4.78 is 27.1. The van der Waals surface area contributed by atoms with Gasteiger partial charge in [0.05, 0.1) is 11.4 Å². The van der Waals surface area contributed by atoms with Crippen molar-refractivity contribution < 1.29 is 18.4 Å². The molecule has 0 aliphatic rings. The Morgan fingerprint density at radius 1 is 1.29 bits per heavy atom. The lowest BCUT2D eigenvalue weighted by Crippen LogP contribution is -2.40. The Balaban J connectivity index is 2.98. The number of hydroxylamine groups is 1. The van der Waals surface area contributed by atoms with E-state index in [0.29, 0.717) is 6.42 Å². The van der Waals surface area contributed by atoms with Gasteiger partial charge in [-0.05, 0) is 53.3 Å². The molecule has 0 aliphatic carbocycles. The van der Waals surface area contributed by atoms with Gasteiger partial charge in [0.15, 0.2) is 0 Å². The fourth-order valence-corrected chi connectivity index (χ4v) is 3.57. The third kappa shape index (κ3) is 5.53. The van der Waals surface area contributed by atoms with Crippen molar-refractivity contribution in [3.63, 3.8) is 0 Å². The molecule has 1 aromatic carbocycles. The van der Waals surface area contributed by atoms with E-state index in [1.165, 1.54) is 17.6 Å². The molecule has 0 radical (unpaired) electrons. The van der Waals surface area contributed by atoms with Gasteiger partial charge in [0.25, 0.3) is 5.91 Å². The molecule has 0 aromatic heterocycles. The summed E-state index contributed by atoms with van der Waals surface area (Å²) in [5.74, 6) is -0.749. The van der Waals surface area contributed by atoms with E-state index < -0.39 is 22.5 Å². The smallest absolute Gasteiger partial charge is 0.258 e. The van der Waals surface area contributed by atoms with Crippen LogP contribution in [0.25, 0.3) is 0 Å². The number of nitrogens with one attached hydrogen (secondary N) is 1. The molecule has 0 atom stereocenters. The van der Waals surface area contributed by atoms with Crippen LogP contribution in [-0.2, 0) is 14.8 Å². The zero-order valence-electron chi connectivity index (χ0n) is 11.8. The highest BCUT2D eigenvalue weighted by Crippen LogP contribution is 2.18. The lowest BCUT2D eigenvalue weighted by molar-refractivity contribution is -0.129. The topological polar surface area (TPSA) is 86.7 Å². The molecule has 1 aromatic rings. The van der Waals surface area contributed by atoms with Crippen LogP contribution in [0.1, 0.15) is 26.2 Å². The van der Waals surface area contributed by atoms with E-state index in [2.05, 4.69) is 22.6 Å². The fourth-order valence-electron chi connectivity index (χ4n) is 1.77. The molecular weight excluding hydrogens is 407 g/mol. The van der Waals surface area contributed by atoms with Gasteiger partial charge < -0.3 is 0 Å². The number of benzene rings is 1. The van der Waals surface area contributed by atoms with E-state index in [0.717, 1.165) is 20.7 Å². The van der Waals surface area contributed by atoms with Crippen molar-refractivity contribution in [3.05, 3.63) is 27.8 Å². The molecular formula is C13H19IN2O4S. The van der Waals surface area contributed by atoms with E-state index in [1.807, 2.05) is 6.92 Å². The monoisotopic (exact) mass is 426 g/mol. The second-order valence-corrected chi connectivity index (χ2v) is 7.72. The Kier molecular flexibility index (Phi) is 7.57. The molecule has 118 valence electrons. The average Bonchev–Trinajstić information content (AvgIpc) is 2.46. The van der Waals surface area contributed by atoms with Crippen LogP contribution in [0.2, 0.25) is 0 Å². The Morgan fingerprint density at radius 3 is 2.43 bits per heavy atom. The Bertz CT molecular complexity index is 560. The quantitative estimate of drug-likeness (QED) is 0.288. The highest BCUT2D eigenvalue weighted by atomic mass is 127. The molecule has 0 saturated carbocycles. The standard InChI is InChI=1S/C13H19IN2O4S/c1-2-3-4-9-16(10-13(17)15-18)21(19,20)12-7-5-11(14)6-8-12/h5-8,18H,2-4,9-10H2,1H3,(H,15,17). The van der Waals surface area contributed by atoms with Crippen molar-refractivity contribution in [3.8, 4) is 0 Å². The number of carbonyl (C=O) groups excluding carboxylic acids is 1. The minimum atomic E-state index is -3.75. The summed E-state index contributed by atoms with van der Waals surface area (Å²) in [6.07, 6.45) is 2.49. The van der Waals surface area contributed by atoms with Crippen LogP contribution in [0.5, 0.6) is 0 Å². The summed E-state index contributed by atoms with van der Waals surface area (Å²) in [6.45, 7) is 1.86. The first-order chi connectivity index (χ1) is 9.91. The normalized spacial score (nSPS) is 11.6. The predicted molar refractivity (Wildman–Crippen MR) is 87.4 cm³/mol. The van der Waals surface area contributed by atoms with Crippen LogP contribution in [0, 0.1) is 3.57 Å². The molecule has 0 unspecified atom stereocenters. The Labute approximate surface area is 138 Å². The number of nitrogens with zero attached hydrogens (tertiary/aromatic N) is 1. The van der Waals surface area contributed by atoms with Crippen molar-refractivity contribution in [1.29, 1.82) is 0 Å². The van der Waals surface area contributed by atoms with E-state index in [1.54, 1.807) is 12.1 Å². The first kappa shape index (κ1) is 18.3. The van der Waals surface area contributed by atoms with Gasteiger partial charge in [-0.25, -0.2) is 13.9 Å². The van der Waals surface area contributed by atoms with Gasteiger partial charge >= 0.3 is 0 Å². The van der Waals surface area contributed by atoms with Crippen molar-refractivity contribution in [2.75, 3.05) is 13.1 Å². The Morgan fingerprint density at radius 2 is 1.90 bits per heavy atom. The number of hydrogen-bond acceptors (Lipinski definition) is 4. The number of rotatable bonds is 8. The minimum Gasteiger partial charge on any atom is -0.289 e. The summed E-state index contributed by atoms with van der Waals surface area (Å²) in [6, 6.07) is 6.43. The zero-order chi connectivity index (χ0) is 15.9. The fraction of sp³-hybridized carbons (Fsp3) is 0.462. The van der Waals surface area contributed by atoms with Gasteiger partial charge in [-0.3, -0.25) is 10.0 Å². The van der Waals surface area contributed by atoms with Crippen LogP contribution in [0.3, 0.4) is 0 Å². The SMILES string of the molecule is CCCCCN(CC(=O)NO)S(=O)(=O)c1ccc(I)cc1. The second kappa shape index (κ2) is 8.66. The first-order valence-corrected chi connectivity index (χ1v) is 9.12. The van der Waals surface area contributed by atoms with E-state index in [9.17, 15) is 13.2 Å². The number of sulfonamides is 1. The lowest BCUT2D eigenvalue weighted by Gasteiger charge is -2.21. The average molecular weight is 426 g/mol. The summed E-state index contributed by atoms with van der Waals surface area (Å²) in [4.78, 5) is 11.5. The number of unbranched alkanes of at least 4 members (excludes halogenated alkanes) is 2. The third-order valence-corrected chi connectivity index (χ3v) is 5.49. The van der Waals surface area contributed by atoms with E-state index in [-0.39, 0.29) is 11.4 Å². The van der Waals surface area contributed by atoms with Gasteiger partial charge in [-0.2, -0.15) is 4.31 Å². The van der Waals surface area contributed by atoms with Crippen LogP contribution in [0.4, 0.5) is 0 Å². The van der Waals surface area contributed by atoms with Crippen LogP contribution >= 0.6 is 22.6 Å². The maximum atomic E-state index is 12.6. The highest BCUT2D eigenvalue weighted by Gasteiger charge is 2.26. The minimum absolute atomic E-state index is 0.144. The lowest BCUT2D eigenvalue weighted by atomic mass is 10.2. The van der Waals surface area contributed by atoms with Crippen LogP contribution in [0.15, 0.2) is 29.2 Å². The maximum absolute atomic E-state index is 12.6. The molecule has 6 nitrogen and oxygen atoms in total. The molecule has 21 heavy (non-hydrogen) atoms. The van der Waals surface area contributed by atoms with Gasteiger partial charge in [-0.15, -0.1) is 0 Å². The van der Waals surface area contributed by atoms with Crippen LogP contribution in [-0.4, -0.2) is 36.9 Å². The highest BCUT2D eigenvalue weighted by molar-refractivity contribution is 14.1. The van der Waals surface area contributed by atoms with E-state index >= 15 is 0 Å². The Hall–Kier alpha value is -0.710. The molecule has 0 heterocycles. The van der Waals surface area contributed by atoms with Crippen molar-refractivity contribution >= 4 is 38.5 Å². The van der Waals surface area contributed by atoms with Gasteiger partial charge in [0.2, 0.25) is 10.0 Å². The molecule has 0 fully saturated rings. The maximum Gasteiger partial charge on any atom is 0.258 e. The third-order valence-electron chi connectivity index (χ3n) is 2.91. The molecule has 0 bridgehead atoms.